The first kappa shape index (κ1) is 20.7. The molecular formula is C33H24N2O. The zero-order valence-electron chi connectivity index (χ0n) is 20.0. The molecule has 0 saturated heterocycles. The van der Waals surface area contributed by atoms with E-state index in [-0.39, 0.29) is 0 Å². The third-order valence-corrected chi connectivity index (χ3v) is 7.01. The quantitative estimate of drug-likeness (QED) is 0.260. The fraction of sp³-hybridized carbons (Fsp3) is 0.0606. The standard InChI is InChI=1S/C33H24N2O/c1-2-22-12-18-29-32(20-22)36-33(34-29)24-15-13-23(14-16-24)25-17-19-31-28(21-25)27-10-6-7-11-30(27)35(31)26-8-4-3-5-9-26/h3-21H,2H2,1H3. The maximum Gasteiger partial charge on any atom is 0.227 e. The molecule has 0 saturated carbocycles. The number of benzene rings is 5. The van der Waals surface area contributed by atoms with E-state index in [0.29, 0.717) is 5.89 Å². The van der Waals surface area contributed by atoms with Gasteiger partial charge in [0.05, 0.1) is 11.0 Å². The molecule has 0 fully saturated rings. The smallest absolute Gasteiger partial charge is 0.227 e. The second-order valence-electron chi connectivity index (χ2n) is 9.17. The lowest BCUT2D eigenvalue weighted by Crippen LogP contribution is -1.92. The van der Waals surface area contributed by atoms with Gasteiger partial charge in [0.2, 0.25) is 5.89 Å². The average molecular weight is 465 g/mol. The molecule has 0 radical (unpaired) electrons. The maximum atomic E-state index is 6.08. The zero-order valence-corrected chi connectivity index (χ0v) is 20.0. The number of aromatic nitrogens is 2. The van der Waals surface area contributed by atoms with Crippen molar-refractivity contribution >= 4 is 32.9 Å². The van der Waals surface area contributed by atoms with Crippen molar-refractivity contribution < 1.29 is 4.42 Å². The molecule has 0 atom stereocenters. The van der Waals surface area contributed by atoms with Crippen molar-refractivity contribution in [2.75, 3.05) is 0 Å². The predicted molar refractivity (Wildman–Crippen MR) is 149 cm³/mol. The molecule has 2 heterocycles. The van der Waals surface area contributed by atoms with E-state index in [9.17, 15) is 0 Å². The summed E-state index contributed by atoms with van der Waals surface area (Å²) in [6, 6.07) is 40.7. The Morgan fingerprint density at radius 3 is 2.19 bits per heavy atom. The summed E-state index contributed by atoms with van der Waals surface area (Å²) >= 11 is 0. The van der Waals surface area contributed by atoms with E-state index in [0.717, 1.165) is 23.1 Å². The van der Waals surface area contributed by atoms with Gasteiger partial charge < -0.3 is 8.98 Å². The Morgan fingerprint density at radius 1 is 0.639 bits per heavy atom. The monoisotopic (exact) mass is 464 g/mol. The normalized spacial score (nSPS) is 11.6. The molecule has 7 rings (SSSR count). The molecule has 0 aliphatic rings. The molecule has 0 aliphatic carbocycles. The number of para-hydroxylation sites is 2. The van der Waals surface area contributed by atoms with E-state index in [1.807, 2.05) is 6.07 Å². The van der Waals surface area contributed by atoms with Crippen molar-refractivity contribution in [2.24, 2.45) is 0 Å². The molecule has 5 aromatic carbocycles. The average Bonchev–Trinajstić information content (AvgIpc) is 3.52. The topological polar surface area (TPSA) is 31.0 Å². The van der Waals surface area contributed by atoms with Crippen LogP contribution in [-0.2, 0) is 6.42 Å². The molecule has 0 bridgehead atoms. The minimum atomic E-state index is 0.659. The third kappa shape index (κ3) is 3.32. The van der Waals surface area contributed by atoms with Gasteiger partial charge in [-0.05, 0) is 77.7 Å². The van der Waals surface area contributed by atoms with E-state index in [1.54, 1.807) is 0 Å². The summed E-state index contributed by atoms with van der Waals surface area (Å²) in [6.45, 7) is 2.15. The lowest BCUT2D eigenvalue weighted by Gasteiger charge is -2.08. The van der Waals surface area contributed by atoms with Gasteiger partial charge in [0.25, 0.3) is 0 Å². The minimum absolute atomic E-state index is 0.659. The summed E-state index contributed by atoms with van der Waals surface area (Å²) in [5.41, 5.74) is 9.93. The zero-order chi connectivity index (χ0) is 24.1. The summed E-state index contributed by atoms with van der Waals surface area (Å²) in [5.74, 6) is 0.659. The fourth-order valence-corrected chi connectivity index (χ4v) is 5.13. The highest BCUT2D eigenvalue weighted by molar-refractivity contribution is 6.10. The van der Waals surface area contributed by atoms with Crippen LogP contribution < -0.4 is 0 Å². The van der Waals surface area contributed by atoms with Gasteiger partial charge in [0.1, 0.15) is 5.52 Å². The third-order valence-electron chi connectivity index (χ3n) is 7.01. The summed E-state index contributed by atoms with van der Waals surface area (Å²) in [6.07, 6.45) is 0.981. The minimum Gasteiger partial charge on any atom is -0.436 e. The molecule has 0 unspecified atom stereocenters. The van der Waals surface area contributed by atoms with E-state index in [2.05, 4.69) is 121 Å². The van der Waals surface area contributed by atoms with Crippen molar-refractivity contribution in [3.05, 3.63) is 121 Å². The van der Waals surface area contributed by atoms with Gasteiger partial charge in [-0.2, -0.15) is 0 Å². The lowest BCUT2D eigenvalue weighted by atomic mass is 10.0. The molecule has 7 aromatic rings. The van der Waals surface area contributed by atoms with Crippen LogP contribution in [0.4, 0.5) is 0 Å². The molecule has 0 spiro atoms. The van der Waals surface area contributed by atoms with E-state index >= 15 is 0 Å². The molecule has 36 heavy (non-hydrogen) atoms. The Balaban J connectivity index is 1.30. The lowest BCUT2D eigenvalue weighted by molar-refractivity contribution is 0.619. The van der Waals surface area contributed by atoms with Gasteiger partial charge in [-0.25, -0.2) is 4.98 Å². The van der Waals surface area contributed by atoms with Gasteiger partial charge in [-0.3, -0.25) is 0 Å². The Bertz CT molecular complexity index is 1860. The number of fused-ring (bicyclic) bond motifs is 4. The number of aryl methyl sites for hydroxylation is 1. The number of nitrogens with zero attached hydrogens (tertiary/aromatic N) is 2. The highest BCUT2D eigenvalue weighted by Gasteiger charge is 2.13. The van der Waals surface area contributed by atoms with Crippen LogP contribution in [0.25, 0.3) is 61.2 Å². The first-order valence-corrected chi connectivity index (χ1v) is 12.4. The summed E-state index contributed by atoms with van der Waals surface area (Å²) in [7, 11) is 0. The maximum absolute atomic E-state index is 6.08. The highest BCUT2D eigenvalue weighted by atomic mass is 16.3. The van der Waals surface area contributed by atoms with Crippen LogP contribution >= 0.6 is 0 Å². The molecule has 0 N–H and O–H groups in total. The Kier molecular flexibility index (Phi) is 4.74. The largest absolute Gasteiger partial charge is 0.436 e. The first-order valence-electron chi connectivity index (χ1n) is 12.4. The summed E-state index contributed by atoms with van der Waals surface area (Å²) in [4.78, 5) is 4.70. The van der Waals surface area contributed by atoms with Crippen LogP contribution in [0.15, 0.2) is 120 Å². The van der Waals surface area contributed by atoms with Crippen molar-refractivity contribution in [3.8, 4) is 28.3 Å². The van der Waals surface area contributed by atoms with Crippen molar-refractivity contribution in [1.82, 2.24) is 9.55 Å². The van der Waals surface area contributed by atoms with Gasteiger partial charge in [-0.15, -0.1) is 0 Å². The van der Waals surface area contributed by atoms with Crippen LogP contribution in [0, 0.1) is 0 Å². The fourth-order valence-electron chi connectivity index (χ4n) is 5.13. The number of oxazole rings is 1. The van der Waals surface area contributed by atoms with E-state index in [4.69, 9.17) is 9.40 Å². The van der Waals surface area contributed by atoms with Crippen molar-refractivity contribution in [1.29, 1.82) is 0 Å². The van der Waals surface area contributed by atoms with Crippen molar-refractivity contribution in [2.45, 2.75) is 13.3 Å². The van der Waals surface area contributed by atoms with Gasteiger partial charge in [-0.1, -0.05) is 67.6 Å². The van der Waals surface area contributed by atoms with Crippen LogP contribution in [0.5, 0.6) is 0 Å². The second-order valence-corrected chi connectivity index (χ2v) is 9.17. The number of hydrogen-bond donors (Lipinski definition) is 0. The van der Waals surface area contributed by atoms with Crippen molar-refractivity contribution in [3.63, 3.8) is 0 Å². The molecule has 3 heteroatoms. The molecule has 172 valence electrons. The van der Waals surface area contributed by atoms with E-state index < -0.39 is 0 Å². The van der Waals surface area contributed by atoms with Crippen LogP contribution in [-0.4, -0.2) is 9.55 Å². The number of hydrogen-bond acceptors (Lipinski definition) is 2. The molecule has 3 nitrogen and oxygen atoms in total. The van der Waals surface area contributed by atoms with Gasteiger partial charge in [0, 0.05) is 22.0 Å². The molecule has 0 amide bonds. The Hall–Kier alpha value is -4.63. The molecule has 0 aliphatic heterocycles. The Labute approximate surface area is 209 Å². The van der Waals surface area contributed by atoms with E-state index in [1.165, 1.54) is 44.2 Å². The second kappa shape index (κ2) is 8.24. The SMILES string of the molecule is CCc1ccc2nc(-c3ccc(-c4ccc5c(c4)c4ccccc4n5-c4ccccc4)cc3)oc2c1. The first-order chi connectivity index (χ1) is 17.8. The molecular weight excluding hydrogens is 440 g/mol. The predicted octanol–water partition coefficient (Wildman–Crippen LogP) is 8.82. The van der Waals surface area contributed by atoms with Crippen LogP contribution in [0.1, 0.15) is 12.5 Å². The van der Waals surface area contributed by atoms with Gasteiger partial charge in [0.15, 0.2) is 5.58 Å². The number of rotatable bonds is 4. The van der Waals surface area contributed by atoms with Gasteiger partial charge >= 0.3 is 0 Å². The van der Waals surface area contributed by atoms with Crippen LogP contribution in [0.2, 0.25) is 0 Å². The molecule has 2 aromatic heterocycles. The summed E-state index contributed by atoms with van der Waals surface area (Å²) < 4.78 is 8.42. The van der Waals surface area contributed by atoms with Crippen LogP contribution in [0.3, 0.4) is 0 Å². The summed E-state index contributed by atoms with van der Waals surface area (Å²) in [5, 5.41) is 2.51. The Morgan fingerprint density at radius 2 is 1.36 bits per heavy atom. The highest BCUT2D eigenvalue weighted by Crippen LogP contribution is 2.35.